The monoisotopic (exact) mass is 382 g/mol. The van der Waals surface area contributed by atoms with Crippen molar-refractivity contribution in [2.75, 3.05) is 0 Å². The van der Waals surface area contributed by atoms with Gasteiger partial charge in [0.25, 0.3) is 20.2 Å². The van der Waals surface area contributed by atoms with Crippen LogP contribution in [0.15, 0.2) is 40.1 Å². The fourth-order valence-corrected chi connectivity index (χ4v) is 2.98. The Morgan fingerprint density at radius 3 is 1.90 bits per heavy atom. The van der Waals surface area contributed by atoms with Crippen molar-refractivity contribution in [2.24, 2.45) is 0 Å². The van der Waals surface area contributed by atoms with Crippen molar-refractivity contribution in [3.8, 4) is 5.75 Å². The third-order valence-electron chi connectivity index (χ3n) is 2.47. The summed E-state index contributed by atoms with van der Waals surface area (Å²) in [6.45, 7) is 0. The molecular weight excluding hydrogens is 374 g/mol. The first-order valence-electron chi connectivity index (χ1n) is 4.81. The van der Waals surface area contributed by atoms with Crippen LogP contribution in [-0.2, 0) is 20.2 Å². The molecule has 0 atom stereocenters. The number of rotatable bonds is 2. The molecule has 7 nitrogen and oxygen atoms in total. The maximum atomic E-state index is 11.2. The maximum absolute atomic E-state index is 11.2. The van der Waals surface area contributed by atoms with Crippen molar-refractivity contribution >= 4 is 134 Å². The Labute approximate surface area is 206 Å². The zero-order chi connectivity index (χ0) is 14.4. The van der Waals surface area contributed by atoms with E-state index in [0.717, 1.165) is 12.1 Å². The number of benzene rings is 2. The second-order valence-corrected chi connectivity index (χ2v) is 6.56. The van der Waals surface area contributed by atoms with E-state index in [1.54, 1.807) is 0 Å². The Morgan fingerprint density at radius 2 is 1.43 bits per heavy atom. The van der Waals surface area contributed by atoms with Crippen LogP contribution in [0.4, 0.5) is 0 Å². The predicted octanol–water partition coefficient (Wildman–Crippen LogP) is 0.277. The second-order valence-electron chi connectivity index (χ2n) is 3.75. The summed E-state index contributed by atoms with van der Waals surface area (Å²) in [6.07, 6.45) is 0. The van der Waals surface area contributed by atoms with Gasteiger partial charge in [-0.05, 0) is 17.5 Å². The first-order valence-corrected chi connectivity index (χ1v) is 7.69. The van der Waals surface area contributed by atoms with Crippen LogP contribution in [0.2, 0.25) is 0 Å². The Morgan fingerprint density at radius 1 is 0.857 bits per heavy atom. The average molecular weight is 382 g/mol. The molecule has 2 aromatic rings. The van der Waals surface area contributed by atoms with E-state index in [2.05, 4.69) is 0 Å². The van der Waals surface area contributed by atoms with E-state index < -0.39 is 35.8 Å². The molecule has 0 spiro atoms. The van der Waals surface area contributed by atoms with Gasteiger partial charge in [-0.25, -0.2) is 0 Å². The summed E-state index contributed by atoms with van der Waals surface area (Å²) < 4.78 is 62.2. The fraction of sp³-hybridized carbons (Fsp3) is 0. The molecule has 0 unspecified atom stereocenters. The zero-order valence-corrected chi connectivity index (χ0v) is 19.1. The predicted molar refractivity (Wildman–Crippen MR) is 76.8 cm³/mol. The molecule has 104 valence electrons. The van der Waals surface area contributed by atoms with Gasteiger partial charge in [0, 0.05) is 114 Å². The maximum Gasteiger partial charge on any atom is 0.295 e. The minimum Gasteiger partial charge on any atom is -0.507 e. The molecule has 0 fully saturated rings. The van der Waals surface area contributed by atoms with E-state index in [4.69, 9.17) is 9.11 Å². The van der Waals surface area contributed by atoms with Crippen LogP contribution in [0.1, 0.15) is 0 Å². The SMILES string of the molecule is O=S(=O)(O)c1cc(O)c2c(S(=O)(=O)O)cccc2c1.[K].[K]. The van der Waals surface area contributed by atoms with Crippen LogP contribution in [0.3, 0.4) is 0 Å². The normalized spacial score (nSPS) is 11.5. The molecule has 2 rings (SSSR count). The van der Waals surface area contributed by atoms with Gasteiger partial charge in [-0.3, -0.25) is 9.11 Å². The van der Waals surface area contributed by atoms with Crippen molar-refractivity contribution in [2.45, 2.75) is 9.79 Å². The van der Waals surface area contributed by atoms with Crippen LogP contribution in [0.25, 0.3) is 10.8 Å². The summed E-state index contributed by atoms with van der Waals surface area (Å²) in [4.78, 5) is -1.13. The number of hydrogen-bond acceptors (Lipinski definition) is 5. The van der Waals surface area contributed by atoms with E-state index in [9.17, 15) is 21.9 Å². The van der Waals surface area contributed by atoms with Crippen molar-refractivity contribution < 1.29 is 31.0 Å². The molecule has 0 bridgehead atoms. The van der Waals surface area contributed by atoms with Gasteiger partial charge in [-0.2, -0.15) is 16.8 Å². The Bertz CT molecular complexity index is 876. The van der Waals surface area contributed by atoms with Gasteiger partial charge in [-0.1, -0.05) is 12.1 Å². The molecule has 2 radical (unpaired) electrons. The zero-order valence-electron chi connectivity index (χ0n) is 11.2. The molecule has 11 heteroatoms. The summed E-state index contributed by atoms with van der Waals surface area (Å²) in [5.74, 6) is -0.682. The van der Waals surface area contributed by atoms with Crippen molar-refractivity contribution in [1.82, 2.24) is 0 Å². The van der Waals surface area contributed by atoms with Gasteiger partial charge >= 0.3 is 0 Å². The first-order chi connectivity index (χ1) is 8.60. The van der Waals surface area contributed by atoms with Gasteiger partial charge in [-0.15, -0.1) is 0 Å². The molecule has 0 aliphatic heterocycles. The van der Waals surface area contributed by atoms with Crippen LogP contribution in [0.5, 0.6) is 5.75 Å². The van der Waals surface area contributed by atoms with Crippen LogP contribution in [-0.4, -0.2) is 134 Å². The minimum absolute atomic E-state index is 0. The molecule has 0 saturated heterocycles. The van der Waals surface area contributed by atoms with E-state index in [-0.39, 0.29) is 114 Å². The summed E-state index contributed by atoms with van der Waals surface area (Å²) in [5, 5.41) is 9.53. The number of aromatic hydroxyl groups is 1. The standard InChI is InChI=1S/C10H8O7S2.2K/c11-8-5-7(18(12,13)14)4-6-2-1-3-9(10(6)8)19(15,16)17;;/h1-5,11H,(H,12,13,14)(H,15,16,17);;. The molecule has 0 amide bonds. The average Bonchev–Trinajstić information content (AvgIpc) is 2.25. The Kier molecular flexibility index (Phi) is 8.73. The molecular formula is C10H8K2O7S2. The van der Waals surface area contributed by atoms with E-state index >= 15 is 0 Å². The molecule has 0 aliphatic rings. The second kappa shape index (κ2) is 8.11. The van der Waals surface area contributed by atoms with E-state index in [1.165, 1.54) is 12.1 Å². The van der Waals surface area contributed by atoms with Gasteiger partial charge < -0.3 is 5.11 Å². The molecule has 0 saturated carbocycles. The molecule has 0 heterocycles. The van der Waals surface area contributed by atoms with E-state index in [0.29, 0.717) is 6.07 Å². The largest absolute Gasteiger partial charge is 0.507 e. The quantitative estimate of drug-likeness (QED) is 0.502. The first kappa shape index (κ1) is 22.6. The molecule has 0 aliphatic carbocycles. The topological polar surface area (TPSA) is 129 Å². The third-order valence-corrected chi connectivity index (χ3v) is 4.19. The van der Waals surface area contributed by atoms with Crippen LogP contribution < -0.4 is 0 Å². The molecule has 21 heavy (non-hydrogen) atoms. The number of hydrogen-bond donors (Lipinski definition) is 3. The summed E-state index contributed by atoms with van der Waals surface area (Å²) >= 11 is 0. The van der Waals surface area contributed by atoms with Crippen molar-refractivity contribution in [3.05, 3.63) is 30.3 Å². The Balaban J connectivity index is 0.00000200. The van der Waals surface area contributed by atoms with Crippen molar-refractivity contribution in [1.29, 1.82) is 0 Å². The summed E-state index contributed by atoms with van der Waals surface area (Å²) in [5.41, 5.74) is 0. The number of phenolic OH excluding ortho intramolecular Hbond substituents is 1. The van der Waals surface area contributed by atoms with Gasteiger partial charge in [0.1, 0.15) is 10.6 Å². The van der Waals surface area contributed by atoms with Crippen molar-refractivity contribution in [3.63, 3.8) is 0 Å². The van der Waals surface area contributed by atoms with Gasteiger partial charge in [0.05, 0.1) is 4.90 Å². The third kappa shape index (κ3) is 5.29. The van der Waals surface area contributed by atoms with E-state index in [1.807, 2.05) is 0 Å². The molecule has 0 aromatic heterocycles. The number of fused-ring (bicyclic) bond motifs is 1. The Hall–Kier alpha value is 1.59. The fourth-order valence-electron chi connectivity index (χ4n) is 1.71. The number of phenols is 1. The molecule has 2 aromatic carbocycles. The van der Waals surface area contributed by atoms with Crippen LogP contribution in [0, 0.1) is 0 Å². The van der Waals surface area contributed by atoms with Gasteiger partial charge in [0.15, 0.2) is 0 Å². The van der Waals surface area contributed by atoms with Crippen LogP contribution >= 0.6 is 0 Å². The summed E-state index contributed by atoms with van der Waals surface area (Å²) in [6, 6.07) is 5.34. The van der Waals surface area contributed by atoms with Gasteiger partial charge in [0.2, 0.25) is 0 Å². The minimum atomic E-state index is -4.57. The summed E-state index contributed by atoms with van der Waals surface area (Å²) in [7, 11) is -9.11. The molecule has 3 N–H and O–H groups in total. The smallest absolute Gasteiger partial charge is 0.295 e.